The summed E-state index contributed by atoms with van der Waals surface area (Å²) in [6.45, 7) is 11.6. The van der Waals surface area contributed by atoms with Crippen molar-refractivity contribution in [2.24, 2.45) is 0 Å². The van der Waals surface area contributed by atoms with Gasteiger partial charge >= 0.3 is 6.09 Å². The molecule has 9 heteroatoms. The normalized spacial score (nSPS) is 13.0. The molecule has 36 heavy (non-hydrogen) atoms. The Morgan fingerprint density at radius 2 is 1.56 bits per heavy atom. The number of phenolic OH excluding ortho intramolecular Hbond substituents is 1. The molecule has 0 aliphatic rings. The molecule has 0 spiro atoms. The molecule has 0 radical (unpaired) electrons. The van der Waals surface area contributed by atoms with Gasteiger partial charge in [0.15, 0.2) is 0 Å². The van der Waals surface area contributed by atoms with Crippen molar-refractivity contribution in [1.82, 2.24) is 10.2 Å². The van der Waals surface area contributed by atoms with Crippen LogP contribution in [0.2, 0.25) is 0 Å². The number of ether oxygens (including phenoxy) is 1. The van der Waals surface area contributed by atoms with Gasteiger partial charge in [0, 0.05) is 11.7 Å². The maximum atomic E-state index is 13.7. The number of nitrogens with zero attached hydrogens (tertiary/aromatic N) is 1. The predicted molar refractivity (Wildman–Crippen MR) is 138 cm³/mol. The minimum absolute atomic E-state index is 0.00917. The maximum absolute atomic E-state index is 13.7. The van der Waals surface area contributed by atoms with Gasteiger partial charge in [-0.1, -0.05) is 30.3 Å². The molecular formula is C27H37N3O6. The molecule has 0 bridgehead atoms. The van der Waals surface area contributed by atoms with Gasteiger partial charge in [0.05, 0.1) is 6.61 Å². The highest BCUT2D eigenvalue weighted by atomic mass is 16.6. The minimum Gasteiger partial charge on any atom is -0.508 e. The summed E-state index contributed by atoms with van der Waals surface area (Å²) >= 11 is 0. The van der Waals surface area contributed by atoms with E-state index in [0.29, 0.717) is 11.3 Å². The zero-order valence-corrected chi connectivity index (χ0v) is 22.0. The summed E-state index contributed by atoms with van der Waals surface area (Å²) < 4.78 is 5.23. The van der Waals surface area contributed by atoms with Gasteiger partial charge in [-0.3, -0.25) is 9.59 Å². The lowest BCUT2D eigenvalue weighted by Crippen LogP contribution is -2.55. The van der Waals surface area contributed by atoms with Crippen LogP contribution >= 0.6 is 0 Å². The molecule has 2 unspecified atom stereocenters. The number of aromatic hydroxyl groups is 1. The Kier molecular flexibility index (Phi) is 9.47. The van der Waals surface area contributed by atoms with E-state index in [1.54, 1.807) is 46.8 Å². The quantitative estimate of drug-likeness (QED) is 0.437. The third-order valence-electron chi connectivity index (χ3n) is 5.45. The van der Waals surface area contributed by atoms with E-state index in [-0.39, 0.29) is 5.75 Å². The standard InChI is InChI=1S/C27H37N3O6/c1-16(2)30(25(34)21(15-31)28-26(35)36-27(5,6)7)23(19-11-13-20(32)14-12-19)24(33)29-22-17(3)9-8-10-18(22)4/h8-14,16,21,23,31-32H,15H2,1-7H3,(H,28,35)(H,29,33). The van der Waals surface area contributed by atoms with Crippen LogP contribution in [0.3, 0.4) is 0 Å². The Hall–Kier alpha value is -3.59. The Morgan fingerprint density at radius 3 is 2.03 bits per heavy atom. The molecule has 0 aliphatic heterocycles. The van der Waals surface area contributed by atoms with Crippen LogP contribution in [0.25, 0.3) is 0 Å². The van der Waals surface area contributed by atoms with Crippen molar-refractivity contribution in [3.63, 3.8) is 0 Å². The van der Waals surface area contributed by atoms with Crippen LogP contribution in [0.1, 0.15) is 57.4 Å². The highest BCUT2D eigenvalue weighted by Gasteiger charge is 2.38. The Balaban J connectivity index is 2.49. The van der Waals surface area contributed by atoms with E-state index < -0.39 is 48.2 Å². The number of anilines is 1. The summed E-state index contributed by atoms with van der Waals surface area (Å²) in [4.78, 5) is 41.0. The summed E-state index contributed by atoms with van der Waals surface area (Å²) in [6.07, 6.45) is -0.861. The number of carbonyl (C=O) groups is 3. The second kappa shape index (κ2) is 11.9. The van der Waals surface area contributed by atoms with E-state index in [4.69, 9.17) is 4.74 Å². The molecule has 2 aromatic carbocycles. The van der Waals surface area contributed by atoms with E-state index in [9.17, 15) is 24.6 Å². The van der Waals surface area contributed by atoms with Gasteiger partial charge in [-0.25, -0.2) is 4.79 Å². The third kappa shape index (κ3) is 7.45. The van der Waals surface area contributed by atoms with Crippen molar-refractivity contribution in [1.29, 1.82) is 0 Å². The lowest BCUT2D eigenvalue weighted by atomic mass is 10.00. The lowest BCUT2D eigenvalue weighted by molar-refractivity contribution is -0.143. The number of nitrogens with one attached hydrogen (secondary N) is 2. The highest BCUT2D eigenvalue weighted by Crippen LogP contribution is 2.29. The molecule has 2 aromatic rings. The number of carbonyl (C=O) groups excluding carboxylic acids is 3. The number of aliphatic hydroxyl groups excluding tert-OH is 1. The number of amides is 3. The Labute approximate surface area is 212 Å². The SMILES string of the molecule is Cc1cccc(C)c1NC(=O)C(c1ccc(O)cc1)N(C(=O)C(CO)NC(=O)OC(C)(C)C)C(C)C. The molecule has 0 saturated heterocycles. The summed E-state index contributed by atoms with van der Waals surface area (Å²) in [5.41, 5.74) is 2.00. The molecule has 3 amide bonds. The van der Waals surface area contributed by atoms with Gasteiger partial charge in [0.1, 0.15) is 23.4 Å². The molecule has 9 nitrogen and oxygen atoms in total. The number of para-hydroxylation sites is 1. The number of alkyl carbamates (subject to hydrolysis) is 1. The number of aliphatic hydroxyl groups is 1. The first-order valence-electron chi connectivity index (χ1n) is 11.8. The fourth-order valence-corrected chi connectivity index (χ4v) is 3.79. The van der Waals surface area contributed by atoms with Crippen LogP contribution in [0, 0.1) is 13.8 Å². The van der Waals surface area contributed by atoms with E-state index in [1.165, 1.54) is 17.0 Å². The molecule has 196 valence electrons. The van der Waals surface area contributed by atoms with Gasteiger partial charge < -0.3 is 30.5 Å². The topological polar surface area (TPSA) is 128 Å². The molecule has 2 rings (SSSR count). The summed E-state index contributed by atoms with van der Waals surface area (Å²) in [5, 5.41) is 25.1. The summed E-state index contributed by atoms with van der Waals surface area (Å²) in [5.74, 6) is -1.13. The third-order valence-corrected chi connectivity index (χ3v) is 5.45. The first-order valence-corrected chi connectivity index (χ1v) is 11.8. The smallest absolute Gasteiger partial charge is 0.408 e. The highest BCUT2D eigenvalue weighted by molar-refractivity contribution is 6.00. The number of rotatable bonds is 8. The number of aryl methyl sites for hydroxylation is 2. The molecule has 0 saturated carbocycles. The van der Waals surface area contributed by atoms with E-state index >= 15 is 0 Å². The van der Waals surface area contributed by atoms with Crippen LogP contribution in [-0.2, 0) is 14.3 Å². The van der Waals surface area contributed by atoms with Gasteiger partial charge in [0.25, 0.3) is 5.91 Å². The van der Waals surface area contributed by atoms with E-state index in [0.717, 1.165) is 11.1 Å². The van der Waals surface area contributed by atoms with Gasteiger partial charge in [-0.2, -0.15) is 0 Å². The predicted octanol–water partition coefficient (Wildman–Crippen LogP) is 3.81. The average Bonchev–Trinajstić information content (AvgIpc) is 2.77. The Morgan fingerprint density at radius 1 is 1.00 bits per heavy atom. The maximum Gasteiger partial charge on any atom is 0.408 e. The largest absolute Gasteiger partial charge is 0.508 e. The average molecular weight is 500 g/mol. The van der Waals surface area contributed by atoms with Crippen LogP contribution in [0.4, 0.5) is 10.5 Å². The molecule has 0 heterocycles. The molecule has 0 aliphatic carbocycles. The van der Waals surface area contributed by atoms with E-state index in [2.05, 4.69) is 10.6 Å². The van der Waals surface area contributed by atoms with Crippen LogP contribution < -0.4 is 10.6 Å². The first kappa shape index (κ1) is 28.6. The van der Waals surface area contributed by atoms with Crippen molar-refractivity contribution in [3.05, 3.63) is 59.2 Å². The van der Waals surface area contributed by atoms with Crippen LogP contribution in [0.5, 0.6) is 5.75 Å². The monoisotopic (exact) mass is 499 g/mol. The van der Waals surface area contributed by atoms with Gasteiger partial charge in [-0.15, -0.1) is 0 Å². The van der Waals surface area contributed by atoms with Crippen molar-refractivity contribution in [2.45, 2.75) is 72.2 Å². The van der Waals surface area contributed by atoms with Gasteiger partial charge in [-0.05, 0) is 77.3 Å². The zero-order chi connectivity index (χ0) is 27.2. The fourth-order valence-electron chi connectivity index (χ4n) is 3.79. The van der Waals surface area contributed by atoms with Crippen molar-refractivity contribution in [2.75, 3.05) is 11.9 Å². The summed E-state index contributed by atoms with van der Waals surface area (Å²) in [6, 6.07) is 8.66. The molecular weight excluding hydrogens is 462 g/mol. The van der Waals surface area contributed by atoms with Crippen molar-refractivity contribution in [3.8, 4) is 5.75 Å². The van der Waals surface area contributed by atoms with Crippen molar-refractivity contribution >= 4 is 23.6 Å². The van der Waals surface area contributed by atoms with Crippen molar-refractivity contribution < 1.29 is 29.3 Å². The summed E-state index contributed by atoms with van der Waals surface area (Å²) in [7, 11) is 0. The molecule has 0 fully saturated rings. The second-order valence-electron chi connectivity index (χ2n) is 9.97. The number of phenols is 1. The van der Waals surface area contributed by atoms with Crippen LogP contribution in [0.15, 0.2) is 42.5 Å². The number of benzene rings is 2. The number of hydrogen-bond donors (Lipinski definition) is 4. The van der Waals surface area contributed by atoms with E-state index in [1.807, 2.05) is 32.0 Å². The molecule has 4 N–H and O–H groups in total. The minimum atomic E-state index is -1.34. The lowest BCUT2D eigenvalue weighted by Gasteiger charge is -2.37. The molecule has 2 atom stereocenters. The zero-order valence-electron chi connectivity index (χ0n) is 22.0. The Bertz CT molecular complexity index is 1060. The van der Waals surface area contributed by atoms with Crippen LogP contribution in [-0.4, -0.2) is 57.3 Å². The molecule has 0 aromatic heterocycles. The first-order chi connectivity index (χ1) is 16.7. The fraction of sp³-hybridized carbons (Fsp3) is 0.444. The second-order valence-corrected chi connectivity index (χ2v) is 9.97. The number of hydrogen-bond acceptors (Lipinski definition) is 6. The van der Waals surface area contributed by atoms with Gasteiger partial charge in [0.2, 0.25) is 5.91 Å².